The van der Waals surface area contributed by atoms with Crippen molar-refractivity contribution in [2.75, 3.05) is 116 Å². The molecule has 0 aliphatic heterocycles. The summed E-state index contributed by atoms with van der Waals surface area (Å²) >= 11 is 0. The normalized spacial score (nSPS) is 12.0. The summed E-state index contributed by atoms with van der Waals surface area (Å²) in [4.78, 5) is 53.9. The monoisotopic (exact) mass is 1260 g/mol. The van der Waals surface area contributed by atoms with Crippen molar-refractivity contribution in [2.24, 2.45) is 11.5 Å². The zero-order valence-corrected chi connectivity index (χ0v) is 58.4. The molecule has 0 rings (SSSR count). The fourth-order valence-electron chi connectivity index (χ4n) is 10.1. The Kier molecular flexibility index (Phi) is 76.0. The second-order valence-corrected chi connectivity index (χ2v) is 26.3. The number of nitrogens with one attached hydrogen (secondary N) is 10. The standard InChI is InChI=1S/C66H138N12O4S2.C2H6/c1-3-5-7-9-11-13-15-17-19-21-23-25-27-29-31-33-55-75-65(81)61(77-63(79)57-73-53-41-51-71-47-37-35-45-69-49-39-43-67)59-83-84-60-62(78-64(80)58-74-54-42-52-72-48-38-36-46-70-50-40-44-68)66(82)76-56-34-32-30-28-26-24-22-20-18-16-14-12-10-8-6-4-2;1-2/h61-62,69-74H,3-60,67-68H2,1-2H3,(H,75,81)(H,76,82)(H,77,79)(H,78,80);1-2H3. The van der Waals surface area contributed by atoms with E-state index in [1.807, 2.05) is 13.8 Å². The van der Waals surface area contributed by atoms with E-state index in [9.17, 15) is 19.2 Å². The Balaban J connectivity index is 0. The molecule has 0 aliphatic rings. The summed E-state index contributed by atoms with van der Waals surface area (Å²) in [6.07, 6.45) is 49.7. The predicted octanol–water partition coefficient (Wildman–Crippen LogP) is 11.7. The van der Waals surface area contributed by atoms with Gasteiger partial charge < -0.3 is 64.6 Å². The zero-order chi connectivity index (χ0) is 63.0. The van der Waals surface area contributed by atoms with Crippen LogP contribution < -0.4 is 64.6 Å². The third-order valence-corrected chi connectivity index (χ3v) is 18.0. The van der Waals surface area contributed by atoms with Crippen LogP contribution in [-0.4, -0.2) is 152 Å². The Morgan fingerprint density at radius 1 is 0.291 bits per heavy atom. The molecule has 18 heteroatoms. The summed E-state index contributed by atoms with van der Waals surface area (Å²) in [5.74, 6) is -0.160. The lowest BCUT2D eigenvalue weighted by molar-refractivity contribution is -0.128. The van der Waals surface area contributed by atoms with E-state index in [0.29, 0.717) is 37.7 Å². The van der Waals surface area contributed by atoms with Gasteiger partial charge >= 0.3 is 0 Å². The molecule has 512 valence electrons. The van der Waals surface area contributed by atoms with E-state index < -0.39 is 12.1 Å². The summed E-state index contributed by atoms with van der Waals surface area (Å²) < 4.78 is 0. The molecule has 0 saturated carbocycles. The van der Waals surface area contributed by atoms with Gasteiger partial charge in [0.1, 0.15) is 12.1 Å². The maximum absolute atomic E-state index is 13.7. The van der Waals surface area contributed by atoms with Crippen LogP contribution in [0.25, 0.3) is 0 Å². The number of carbonyl (C=O) groups excluding carboxylic acids is 4. The van der Waals surface area contributed by atoms with Gasteiger partial charge in [-0.05, 0) is 143 Å². The smallest absolute Gasteiger partial charge is 0.243 e. The topological polar surface area (TPSA) is 241 Å². The zero-order valence-electron chi connectivity index (χ0n) is 56.8. The minimum atomic E-state index is -0.733. The van der Waals surface area contributed by atoms with Crippen molar-refractivity contribution >= 4 is 45.2 Å². The molecule has 0 saturated heterocycles. The summed E-state index contributed by atoms with van der Waals surface area (Å²) in [6.45, 7) is 20.4. The van der Waals surface area contributed by atoms with Crippen LogP contribution in [0.3, 0.4) is 0 Å². The van der Waals surface area contributed by atoms with Gasteiger partial charge in [-0.15, -0.1) is 0 Å². The number of amides is 4. The number of hydrogen-bond acceptors (Lipinski definition) is 14. The van der Waals surface area contributed by atoms with Gasteiger partial charge in [0.15, 0.2) is 0 Å². The Bertz CT molecular complexity index is 1300. The molecular formula is C68H144N12O4S2. The Hall–Kier alpha value is -1.74. The molecule has 14 N–H and O–H groups in total. The molecule has 0 aliphatic carbocycles. The molecule has 0 aromatic rings. The summed E-state index contributed by atoms with van der Waals surface area (Å²) in [6, 6.07) is -1.47. The summed E-state index contributed by atoms with van der Waals surface area (Å²) in [5, 5.41) is 32.6. The third-order valence-electron chi connectivity index (χ3n) is 15.5. The number of carbonyl (C=O) groups is 4. The Morgan fingerprint density at radius 2 is 0.512 bits per heavy atom. The van der Waals surface area contributed by atoms with E-state index in [1.54, 1.807) is 0 Å². The Labute approximate surface area is 539 Å². The number of rotatable bonds is 71. The van der Waals surface area contributed by atoms with Crippen LogP contribution in [0.5, 0.6) is 0 Å². The van der Waals surface area contributed by atoms with Gasteiger partial charge in [-0.2, -0.15) is 0 Å². The van der Waals surface area contributed by atoms with Crippen molar-refractivity contribution in [3.63, 3.8) is 0 Å². The van der Waals surface area contributed by atoms with E-state index in [-0.39, 0.29) is 36.7 Å². The minimum Gasteiger partial charge on any atom is -0.354 e. The van der Waals surface area contributed by atoms with Crippen LogP contribution in [0.4, 0.5) is 0 Å². The van der Waals surface area contributed by atoms with Gasteiger partial charge in [0.25, 0.3) is 0 Å². The lowest BCUT2D eigenvalue weighted by atomic mass is 10.0. The minimum absolute atomic E-state index is 0.127. The second kappa shape index (κ2) is 75.7. The van der Waals surface area contributed by atoms with Crippen molar-refractivity contribution in [2.45, 2.75) is 297 Å². The summed E-state index contributed by atoms with van der Waals surface area (Å²) in [7, 11) is 2.90. The van der Waals surface area contributed by atoms with Gasteiger partial charge in [0, 0.05) is 24.6 Å². The molecule has 16 nitrogen and oxygen atoms in total. The lowest BCUT2D eigenvalue weighted by Gasteiger charge is -2.20. The molecule has 4 amide bonds. The highest BCUT2D eigenvalue weighted by molar-refractivity contribution is 8.76. The van der Waals surface area contributed by atoms with E-state index in [0.717, 1.165) is 142 Å². The molecule has 0 aromatic heterocycles. The van der Waals surface area contributed by atoms with Crippen LogP contribution >= 0.6 is 21.6 Å². The number of hydrogen-bond donors (Lipinski definition) is 12. The first-order chi connectivity index (χ1) is 42.4. The van der Waals surface area contributed by atoms with Gasteiger partial charge in [-0.25, -0.2) is 0 Å². The number of unbranched alkanes of at least 4 members (excludes halogenated alkanes) is 32. The SMILES string of the molecule is CC.CCCCCCCCCCCCCCCCCCNC(=O)C(CSSCC(NC(=O)CNCCCNCCCCNCCCN)C(=O)NCCCCCCCCCCCCCCCCCC)NC(=O)CNCCCNCCCCNCCCN. The lowest BCUT2D eigenvalue weighted by Crippen LogP contribution is -2.51. The molecule has 0 radical (unpaired) electrons. The van der Waals surface area contributed by atoms with Crippen LogP contribution in [0, 0.1) is 0 Å². The third kappa shape index (κ3) is 68.2. The molecular weight excluding hydrogens is 1110 g/mol. The van der Waals surface area contributed by atoms with Gasteiger partial charge in [-0.3, -0.25) is 19.2 Å². The first-order valence-electron chi connectivity index (χ1n) is 36.4. The van der Waals surface area contributed by atoms with Gasteiger partial charge in [-0.1, -0.05) is 242 Å². The van der Waals surface area contributed by atoms with Crippen molar-refractivity contribution < 1.29 is 19.2 Å². The number of nitrogens with two attached hydrogens (primary N) is 2. The quantitative estimate of drug-likeness (QED) is 0.0200. The maximum Gasteiger partial charge on any atom is 0.243 e. The van der Waals surface area contributed by atoms with Gasteiger partial charge in [0.05, 0.1) is 13.1 Å². The van der Waals surface area contributed by atoms with Crippen molar-refractivity contribution in [1.82, 2.24) is 53.2 Å². The van der Waals surface area contributed by atoms with E-state index in [4.69, 9.17) is 11.5 Å². The predicted molar refractivity (Wildman–Crippen MR) is 377 cm³/mol. The first kappa shape index (κ1) is 86.3. The van der Waals surface area contributed by atoms with Crippen LogP contribution in [-0.2, 0) is 19.2 Å². The second-order valence-electron chi connectivity index (χ2n) is 23.8. The average molecular weight is 1260 g/mol. The first-order valence-corrected chi connectivity index (χ1v) is 38.9. The molecule has 0 aromatic carbocycles. The Morgan fingerprint density at radius 3 is 0.779 bits per heavy atom. The van der Waals surface area contributed by atoms with E-state index in [2.05, 4.69) is 67.0 Å². The molecule has 0 fully saturated rings. The highest BCUT2D eigenvalue weighted by Gasteiger charge is 2.24. The van der Waals surface area contributed by atoms with Crippen LogP contribution in [0.15, 0.2) is 0 Å². The maximum atomic E-state index is 13.7. The summed E-state index contributed by atoms with van der Waals surface area (Å²) in [5.41, 5.74) is 11.1. The van der Waals surface area contributed by atoms with Crippen molar-refractivity contribution in [3.05, 3.63) is 0 Å². The molecule has 0 heterocycles. The van der Waals surface area contributed by atoms with E-state index >= 15 is 0 Å². The largest absolute Gasteiger partial charge is 0.354 e. The van der Waals surface area contributed by atoms with E-state index in [1.165, 1.54) is 201 Å². The molecule has 0 bridgehead atoms. The molecule has 86 heavy (non-hydrogen) atoms. The van der Waals surface area contributed by atoms with Crippen LogP contribution in [0.1, 0.15) is 285 Å². The van der Waals surface area contributed by atoms with Crippen molar-refractivity contribution in [1.29, 1.82) is 0 Å². The van der Waals surface area contributed by atoms with Crippen LogP contribution in [0.2, 0.25) is 0 Å². The molecule has 2 unspecified atom stereocenters. The highest BCUT2D eigenvalue weighted by Crippen LogP contribution is 2.24. The molecule has 2 atom stereocenters. The average Bonchev–Trinajstić information content (AvgIpc) is 3.64. The van der Waals surface area contributed by atoms with Crippen molar-refractivity contribution in [3.8, 4) is 0 Å². The fraction of sp³-hybridized carbons (Fsp3) is 0.941. The molecule has 0 spiro atoms. The van der Waals surface area contributed by atoms with Gasteiger partial charge in [0.2, 0.25) is 23.6 Å². The fourth-order valence-corrected chi connectivity index (χ4v) is 12.5. The highest BCUT2D eigenvalue weighted by atomic mass is 33.1.